The number of aliphatic imine (C=N–C) groups is 1. The Kier molecular flexibility index (Phi) is 7.04. The first-order valence-corrected chi connectivity index (χ1v) is 15.7. The summed E-state index contributed by atoms with van der Waals surface area (Å²) in [6.45, 7) is 2.67. The van der Waals surface area contributed by atoms with E-state index < -0.39 is 70.2 Å². The number of nitrogens with one attached hydrogen (secondary N) is 1. The average molecular weight is 627 g/mol. The molecule has 1 aromatic rings. The molecule has 1 amide bonds. The van der Waals surface area contributed by atoms with Crippen LogP contribution in [0.3, 0.4) is 0 Å². The number of ether oxygens (including phenoxy) is 5. The van der Waals surface area contributed by atoms with E-state index in [9.17, 15) is 24.6 Å². The molecule has 7 bridgehead atoms. The first kappa shape index (κ1) is 30.7. The summed E-state index contributed by atoms with van der Waals surface area (Å²) in [6.07, 6.45) is 1.28. The van der Waals surface area contributed by atoms with Gasteiger partial charge in [0.05, 0.1) is 35.6 Å². The molecule has 5 fully saturated rings. The number of anilines is 1. The van der Waals surface area contributed by atoms with Gasteiger partial charge in [-0.3, -0.25) is 14.6 Å². The molecule has 3 N–H and O–H groups in total. The van der Waals surface area contributed by atoms with Gasteiger partial charge in [-0.15, -0.1) is 0 Å². The largest absolute Gasteiger partial charge is 0.462 e. The van der Waals surface area contributed by atoms with E-state index >= 15 is 0 Å². The number of benzene rings is 1. The van der Waals surface area contributed by atoms with Gasteiger partial charge in [-0.2, -0.15) is 0 Å². The minimum atomic E-state index is -1.88. The maximum atomic E-state index is 13.5. The van der Waals surface area contributed by atoms with Gasteiger partial charge in [-0.1, -0.05) is 12.1 Å². The molecule has 13 atom stereocenters. The van der Waals surface area contributed by atoms with Crippen molar-refractivity contribution in [2.75, 3.05) is 33.3 Å². The average Bonchev–Trinajstić information content (AvgIpc) is 3.37. The van der Waals surface area contributed by atoms with E-state index in [2.05, 4.69) is 5.32 Å². The van der Waals surface area contributed by atoms with Crippen LogP contribution in [0, 0.1) is 34.5 Å². The second-order valence-corrected chi connectivity index (χ2v) is 13.9. The van der Waals surface area contributed by atoms with Crippen LogP contribution in [0.2, 0.25) is 0 Å². The maximum Gasteiger partial charge on any atom is 0.340 e. The summed E-state index contributed by atoms with van der Waals surface area (Å²) < 4.78 is 30.4. The third-order valence-corrected chi connectivity index (χ3v) is 12.4. The molecule has 5 aliphatic carbocycles. The zero-order valence-corrected chi connectivity index (χ0v) is 26.2. The molecule has 1 aliphatic heterocycles. The lowest BCUT2D eigenvalue weighted by molar-refractivity contribution is -0.292. The summed E-state index contributed by atoms with van der Waals surface area (Å²) in [5, 5.41) is 28.6. The minimum absolute atomic E-state index is 0.0530. The van der Waals surface area contributed by atoms with Crippen molar-refractivity contribution in [1.82, 2.24) is 0 Å². The van der Waals surface area contributed by atoms with Gasteiger partial charge in [-0.25, -0.2) is 4.79 Å². The van der Waals surface area contributed by atoms with Crippen LogP contribution < -0.4 is 5.32 Å². The highest BCUT2D eigenvalue weighted by Crippen LogP contribution is 2.79. The Labute approximate surface area is 261 Å². The third kappa shape index (κ3) is 3.71. The van der Waals surface area contributed by atoms with Crippen molar-refractivity contribution in [2.24, 2.45) is 39.5 Å². The Balaban J connectivity index is 1.34. The molecule has 0 radical (unpaired) electrons. The van der Waals surface area contributed by atoms with Crippen molar-refractivity contribution >= 4 is 29.7 Å². The van der Waals surface area contributed by atoms with Crippen molar-refractivity contribution in [3.05, 3.63) is 29.8 Å². The third-order valence-electron chi connectivity index (χ3n) is 12.4. The second-order valence-electron chi connectivity index (χ2n) is 13.9. The zero-order chi connectivity index (χ0) is 32.1. The number of rotatable bonds is 8. The van der Waals surface area contributed by atoms with E-state index in [-0.39, 0.29) is 42.4 Å². The number of fused-ring (bicyclic) bond motifs is 2. The van der Waals surface area contributed by atoms with Crippen molar-refractivity contribution < 1.29 is 48.3 Å². The smallest absolute Gasteiger partial charge is 0.340 e. The van der Waals surface area contributed by atoms with Crippen LogP contribution >= 0.6 is 0 Å². The summed E-state index contributed by atoms with van der Waals surface area (Å²) in [5.74, 6) is -2.86. The van der Waals surface area contributed by atoms with E-state index in [4.69, 9.17) is 28.7 Å². The standard InChI is InChI=1S/C33H42N2O10/c1-16(36)35-21-9-7-6-8-18(21)28(38)44-15-30-11-10-23(42-4)32-20-12-19-22(41-3)13-31(39,24(20)25(19)45-17(2)37)33(40,29(32)34-14-30)27(43-5)26(30)32/h6-9,14,19-20,22-27,29,39-40H,10-13,15H2,1-5H3,(H,35,36)/t19-,20-,22+,23+,24-,25+,26-,27+,29+,30+,31-,32+,33+/m1/s1. The summed E-state index contributed by atoms with van der Waals surface area (Å²) in [5.41, 5.74) is -4.72. The lowest BCUT2D eigenvalue weighted by atomic mass is 9.44. The summed E-state index contributed by atoms with van der Waals surface area (Å²) >= 11 is 0. The Hall–Kier alpha value is -2.90. The van der Waals surface area contributed by atoms with Crippen LogP contribution in [0.1, 0.15) is 49.9 Å². The fraction of sp³-hybridized carbons (Fsp3) is 0.697. The van der Waals surface area contributed by atoms with Crippen LogP contribution in [-0.4, -0.2) is 104 Å². The van der Waals surface area contributed by atoms with E-state index in [0.29, 0.717) is 24.9 Å². The van der Waals surface area contributed by atoms with Gasteiger partial charge in [0.25, 0.3) is 0 Å². The number of nitrogens with zero attached hydrogens (tertiary/aromatic N) is 1. The molecule has 0 aromatic heterocycles. The Morgan fingerprint density at radius 3 is 2.49 bits per heavy atom. The normalized spacial score (nSPS) is 46.4. The van der Waals surface area contributed by atoms with E-state index in [1.54, 1.807) is 38.5 Å². The Bertz CT molecular complexity index is 1450. The minimum Gasteiger partial charge on any atom is -0.462 e. The van der Waals surface area contributed by atoms with E-state index in [1.807, 2.05) is 6.21 Å². The molecule has 1 aromatic carbocycles. The lowest BCUT2D eigenvalue weighted by Crippen LogP contribution is -2.77. The molecule has 1 spiro atoms. The first-order valence-electron chi connectivity index (χ1n) is 15.7. The summed E-state index contributed by atoms with van der Waals surface area (Å²) in [7, 11) is 4.76. The monoisotopic (exact) mass is 626 g/mol. The van der Waals surface area contributed by atoms with Gasteiger partial charge in [-0.05, 0) is 37.3 Å². The van der Waals surface area contributed by atoms with Crippen molar-refractivity contribution in [3.63, 3.8) is 0 Å². The molecule has 244 valence electrons. The molecular weight excluding hydrogens is 584 g/mol. The molecule has 6 aliphatic rings. The SMILES string of the molecule is CO[C@H]1C[C@@]2(O)[C@H]3[C@@H](OC(C)=O)[C@@H]1C[C@H]3[C@@]13[C@@H](OC)CC[C@@]4(COC(=O)c5ccccc5NC(C)=O)C=N[C@@H]1[C@@]2(O)[C@@H](OC)[C@H]43. The zero-order valence-electron chi connectivity index (χ0n) is 26.2. The predicted octanol–water partition coefficient (Wildman–Crippen LogP) is 1.76. The highest BCUT2D eigenvalue weighted by Gasteiger charge is 2.91. The quantitative estimate of drug-likeness (QED) is 0.363. The number of carbonyl (C=O) groups is 3. The van der Waals surface area contributed by atoms with Crippen LogP contribution in [0.25, 0.3) is 0 Å². The van der Waals surface area contributed by atoms with E-state index in [0.717, 1.165) is 0 Å². The number of amides is 1. The Morgan fingerprint density at radius 2 is 1.82 bits per heavy atom. The number of para-hydroxylation sites is 1. The van der Waals surface area contributed by atoms with E-state index in [1.165, 1.54) is 21.0 Å². The molecule has 0 saturated heterocycles. The van der Waals surface area contributed by atoms with Crippen molar-refractivity contribution in [2.45, 2.75) is 81.2 Å². The van der Waals surface area contributed by atoms with Gasteiger partial charge < -0.3 is 39.2 Å². The fourth-order valence-electron chi connectivity index (χ4n) is 11.2. The highest BCUT2D eigenvalue weighted by molar-refractivity contribution is 6.00. The number of carbonyl (C=O) groups excluding carboxylic acids is 3. The number of methoxy groups -OCH3 is 3. The first-order chi connectivity index (χ1) is 21.4. The second kappa shape index (κ2) is 10.3. The van der Waals surface area contributed by atoms with Gasteiger partial charge >= 0.3 is 11.9 Å². The van der Waals surface area contributed by atoms with Crippen molar-refractivity contribution in [3.8, 4) is 0 Å². The molecule has 12 heteroatoms. The van der Waals surface area contributed by atoms with Crippen LogP contribution in [-0.2, 0) is 33.3 Å². The van der Waals surface area contributed by atoms with Crippen LogP contribution in [0.15, 0.2) is 29.3 Å². The molecule has 45 heavy (non-hydrogen) atoms. The van der Waals surface area contributed by atoms with Crippen molar-refractivity contribution in [1.29, 1.82) is 0 Å². The highest BCUT2D eigenvalue weighted by atomic mass is 16.6. The topological polar surface area (TPSA) is 162 Å². The van der Waals surface area contributed by atoms with Gasteiger partial charge in [0.15, 0.2) is 0 Å². The Morgan fingerprint density at radius 1 is 1.07 bits per heavy atom. The van der Waals surface area contributed by atoms with Gasteiger partial charge in [0.1, 0.15) is 23.9 Å². The number of esters is 2. The lowest BCUT2D eigenvalue weighted by Gasteiger charge is -2.65. The molecule has 1 heterocycles. The fourth-order valence-corrected chi connectivity index (χ4v) is 11.2. The van der Waals surface area contributed by atoms with Gasteiger partial charge in [0.2, 0.25) is 5.91 Å². The number of hydrogen-bond acceptors (Lipinski definition) is 11. The molecule has 12 nitrogen and oxygen atoms in total. The number of aliphatic hydroxyl groups is 2. The molecule has 0 unspecified atom stereocenters. The van der Waals surface area contributed by atoms with Gasteiger partial charge in [0, 0.05) is 76.4 Å². The summed E-state index contributed by atoms with van der Waals surface area (Å²) in [4.78, 5) is 42.8. The maximum absolute atomic E-state index is 13.5. The molecular formula is C33H42N2O10. The predicted molar refractivity (Wildman–Crippen MR) is 158 cm³/mol. The molecule has 7 rings (SSSR count). The molecule has 5 saturated carbocycles. The summed E-state index contributed by atoms with van der Waals surface area (Å²) in [6, 6.07) is 5.89. The van der Waals surface area contributed by atoms with Crippen LogP contribution in [0.4, 0.5) is 5.69 Å². The van der Waals surface area contributed by atoms with Crippen LogP contribution in [0.5, 0.6) is 0 Å². The number of hydrogen-bond donors (Lipinski definition) is 3.